The number of benzene rings is 1. The van der Waals surface area contributed by atoms with Crippen LogP contribution in [0, 0.1) is 10.5 Å². The summed E-state index contributed by atoms with van der Waals surface area (Å²) in [7, 11) is 0. The maximum absolute atomic E-state index is 11.6. The predicted octanol–water partition coefficient (Wildman–Crippen LogP) is 3.58. The van der Waals surface area contributed by atoms with Crippen molar-refractivity contribution < 1.29 is 4.79 Å². The fourth-order valence-electron chi connectivity index (χ4n) is 1.22. The van der Waals surface area contributed by atoms with E-state index < -0.39 is 0 Å². The summed E-state index contributed by atoms with van der Waals surface area (Å²) in [5, 5.41) is 0. The molecule has 0 bridgehead atoms. The van der Waals surface area contributed by atoms with Gasteiger partial charge in [0.15, 0.2) is 5.78 Å². The van der Waals surface area contributed by atoms with Crippen molar-refractivity contribution in [1.82, 2.24) is 0 Å². The Morgan fingerprint density at radius 3 is 2.77 bits per heavy atom. The molecular weight excluding hydrogens is 275 g/mol. The van der Waals surface area contributed by atoms with Crippen LogP contribution in [0.15, 0.2) is 18.2 Å². The van der Waals surface area contributed by atoms with Gasteiger partial charge in [-0.3, -0.25) is 4.79 Å². The number of carbonyl (C=O) groups excluding carboxylic acids is 1. The van der Waals surface area contributed by atoms with Gasteiger partial charge in [0.05, 0.1) is 0 Å². The Bertz CT molecular complexity index is 318. The van der Waals surface area contributed by atoms with Crippen molar-refractivity contribution in [3.8, 4) is 0 Å². The van der Waals surface area contributed by atoms with E-state index in [1.165, 1.54) is 5.56 Å². The molecule has 0 fully saturated rings. The lowest BCUT2D eigenvalue weighted by molar-refractivity contribution is 0.0981. The zero-order chi connectivity index (χ0) is 9.84. The van der Waals surface area contributed by atoms with Gasteiger partial charge in [0.1, 0.15) is 0 Å². The predicted molar refractivity (Wildman–Crippen MR) is 63.1 cm³/mol. The van der Waals surface area contributed by atoms with Crippen molar-refractivity contribution in [2.75, 3.05) is 0 Å². The molecule has 0 aliphatic heterocycles. The second-order valence-electron chi connectivity index (χ2n) is 3.11. The fourth-order valence-corrected chi connectivity index (χ4v) is 1.88. The quantitative estimate of drug-likeness (QED) is 0.613. The molecule has 0 heterocycles. The molecule has 0 saturated heterocycles. The van der Waals surface area contributed by atoms with Gasteiger partial charge in [-0.1, -0.05) is 25.1 Å². The van der Waals surface area contributed by atoms with Crippen LogP contribution >= 0.6 is 22.6 Å². The summed E-state index contributed by atoms with van der Waals surface area (Å²) >= 11 is 2.24. The third-order valence-corrected chi connectivity index (χ3v) is 3.40. The number of rotatable bonds is 3. The van der Waals surface area contributed by atoms with Crippen molar-refractivity contribution in [3.63, 3.8) is 0 Å². The number of ketones is 1. The Morgan fingerprint density at radius 1 is 1.46 bits per heavy atom. The summed E-state index contributed by atoms with van der Waals surface area (Å²) < 4.78 is 1.10. The van der Waals surface area contributed by atoms with Gasteiger partial charge in [-0.25, -0.2) is 0 Å². The van der Waals surface area contributed by atoms with Crippen LogP contribution in [0.4, 0.5) is 0 Å². The van der Waals surface area contributed by atoms with Crippen LogP contribution in [-0.2, 0) is 0 Å². The van der Waals surface area contributed by atoms with E-state index in [4.69, 9.17) is 0 Å². The third-order valence-electron chi connectivity index (χ3n) is 1.97. The summed E-state index contributed by atoms with van der Waals surface area (Å²) in [4.78, 5) is 11.6. The van der Waals surface area contributed by atoms with Crippen molar-refractivity contribution in [3.05, 3.63) is 32.9 Å². The average Bonchev–Trinajstić information content (AvgIpc) is 2.10. The monoisotopic (exact) mass is 288 g/mol. The highest BCUT2D eigenvalue weighted by atomic mass is 127. The van der Waals surface area contributed by atoms with Crippen LogP contribution in [0.25, 0.3) is 0 Å². The summed E-state index contributed by atoms with van der Waals surface area (Å²) in [5.74, 6) is 0.260. The molecular formula is C11H13IO. The smallest absolute Gasteiger partial charge is 0.163 e. The number of hydrogen-bond acceptors (Lipinski definition) is 1. The molecule has 1 nitrogen and oxygen atoms in total. The van der Waals surface area contributed by atoms with Crippen LogP contribution in [0.3, 0.4) is 0 Å². The first-order valence-electron chi connectivity index (χ1n) is 4.45. The molecule has 1 aromatic carbocycles. The molecule has 0 aliphatic carbocycles. The van der Waals surface area contributed by atoms with E-state index in [0.717, 1.165) is 15.6 Å². The van der Waals surface area contributed by atoms with Crippen molar-refractivity contribution >= 4 is 28.4 Å². The molecule has 0 radical (unpaired) electrons. The van der Waals surface area contributed by atoms with Gasteiger partial charge >= 0.3 is 0 Å². The molecule has 13 heavy (non-hydrogen) atoms. The molecule has 2 heteroatoms. The lowest BCUT2D eigenvalue weighted by atomic mass is 10.1. The van der Waals surface area contributed by atoms with Crippen molar-refractivity contribution in [1.29, 1.82) is 0 Å². The number of halogens is 1. The first-order chi connectivity index (χ1) is 6.16. The van der Waals surface area contributed by atoms with E-state index in [1.54, 1.807) is 0 Å². The van der Waals surface area contributed by atoms with E-state index in [0.29, 0.717) is 6.42 Å². The molecule has 1 aromatic rings. The van der Waals surface area contributed by atoms with E-state index >= 15 is 0 Å². The molecule has 0 unspecified atom stereocenters. The minimum absolute atomic E-state index is 0.260. The van der Waals surface area contributed by atoms with Gasteiger partial charge in [0.2, 0.25) is 0 Å². The first-order valence-corrected chi connectivity index (χ1v) is 5.53. The van der Waals surface area contributed by atoms with E-state index in [-0.39, 0.29) is 5.78 Å². The molecule has 0 N–H and O–H groups in total. The number of Topliss-reactive ketones (excluding diaryl/α,β-unsaturated/α-hetero) is 1. The molecule has 1 rings (SSSR count). The molecule has 0 atom stereocenters. The van der Waals surface area contributed by atoms with E-state index in [1.807, 2.05) is 32.0 Å². The molecule has 70 valence electrons. The SMILES string of the molecule is CCCC(=O)c1cccc(C)c1I. The summed E-state index contributed by atoms with van der Waals surface area (Å²) in [5.41, 5.74) is 2.06. The van der Waals surface area contributed by atoms with Crippen LogP contribution in [0.1, 0.15) is 35.7 Å². The Hall–Kier alpha value is -0.380. The first kappa shape index (κ1) is 10.7. The lowest BCUT2D eigenvalue weighted by Gasteiger charge is -2.04. The van der Waals surface area contributed by atoms with Gasteiger partial charge < -0.3 is 0 Å². The third kappa shape index (κ3) is 2.53. The Kier molecular flexibility index (Phi) is 3.90. The summed E-state index contributed by atoms with van der Waals surface area (Å²) in [6.07, 6.45) is 1.57. The highest BCUT2D eigenvalue weighted by Gasteiger charge is 2.09. The number of hydrogen-bond donors (Lipinski definition) is 0. The molecule has 0 spiro atoms. The summed E-state index contributed by atoms with van der Waals surface area (Å²) in [6.45, 7) is 4.06. The van der Waals surface area contributed by atoms with Crippen molar-refractivity contribution in [2.24, 2.45) is 0 Å². The highest BCUT2D eigenvalue weighted by molar-refractivity contribution is 14.1. The molecule has 0 aliphatic rings. The largest absolute Gasteiger partial charge is 0.294 e. The van der Waals surface area contributed by atoms with Gasteiger partial charge in [-0.2, -0.15) is 0 Å². The summed E-state index contributed by atoms with van der Waals surface area (Å²) in [6, 6.07) is 5.89. The normalized spacial score (nSPS) is 10.1. The van der Waals surface area contributed by atoms with Crippen molar-refractivity contribution in [2.45, 2.75) is 26.7 Å². The Morgan fingerprint density at radius 2 is 2.15 bits per heavy atom. The number of aryl methyl sites for hydroxylation is 1. The van der Waals surface area contributed by atoms with Crippen LogP contribution < -0.4 is 0 Å². The molecule has 0 saturated carbocycles. The minimum atomic E-state index is 0.260. The van der Waals surface area contributed by atoms with E-state index in [2.05, 4.69) is 22.6 Å². The Labute approximate surface area is 92.7 Å². The second-order valence-corrected chi connectivity index (χ2v) is 4.19. The van der Waals surface area contributed by atoms with E-state index in [9.17, 15) is 4.79 Å². The zero-order valence-corrected chi connectivity index (χ0v) is 10.1. The zero-order valence-electron chi connectivity index (χ0n) is 7.93. The maximum Gasteiger partial charge on any atom is 0.163 e. The second kappa shape index (κ2) is 4.74. The highest BCUT2D eigenvalue weighted by Crippen LogP contribution is 2.18. The lowest BCUT2D eigenvalue weighted by Crippen LogP contribution is -2.01. The fraction of sp³-hybridized carbons (Fsp3) is 0.364. The minimum Gasteiger partial charge on any atom is -0.294 e. The van der Waals surface area contributed by atoms with Gasteiger partial charge in [0.25, 0.3) is 0 Å². The molecule has 0 amide bonds. The van der Waals surface area contributed by atoms with Gasteiger partial charge in [0, 0.05) is 15.6 Å². The van der Waals surface area contributed by atoms with Gasteiger partial charge in [-0.15, -0.1) is 0 Å². The standard InChI is InChI=1S/C11H13IO/c1-3-5-10(13)9-7-4-6-8(2)11(9)12/h4,6-7H,3,5H2,1-2H3. The van der Waals surface area contributed by atoms with Crippen LogP contribution in [0.2, 0.25) is 0 Å². The number of carbonyl (C=O) groups is 1. The Balaban J connectivity index is 3.01. The van der Waals surface area contributed by atoms with Crippen LogP contribution in [0.5, 0.6) is 0 Å². The maximum atomic E-state index is 11.6. The van der Waals surface area contributed by atoms with Gasteiger partial charge in [-0.05, 0) is 41.5 Å². The van der Waals surface area contributed by atoms with Crippen LogP contribution in [-0.4, -0.2) is 5.78 Å². The average molecular weight is 288 g/mol. The molecule has 0 aromatic heterocycles. The topological polar surface area (TPSA) is 17.1 Å².